The van der Waals surface area contributed by atoms with Crippen LogP contribution in [0.1, 0.15) is 20.8 Å². The number of anilines is 1. The van der Waals surface area contributed by atoms with Crippen molar-refractivity contribution in [3.8, 4) is 5.75 Å². The van der Waals surface area contributed by atoms with Gasteiger partial charge in [0.1, 0.15) is 11.4 Å². The van der Waals surface area contributed by atoms with E-state index in [0.717, 1.165) is 5.69 Å². The summed E-state index contributed by atoms with van der Waals surface area (Å²) in [7, 11) is 1.31. The van der Waals surface area contributed by atoms with E-state index in [4.69, 9.17) is 9.47 Å². The van der Waals surface area contributed by atoms with Crippen molar-refractivity contribution in [3.63, 3.8) is 0 Å². The fourth-order valence-electron chi connectivity index (χ4n) is 1.56. The molecule has 128 valence electrons. The maximum absolute atomic E-state index is 11.5. The Kier molecular flexibility index (Phi) is 7.18. The minimum Gasteiger partial charge on any atom is -0.482 e. The monoisotopic (exact) mass is 324 g/mol. The van der Waals surface area contributed by atoms with Gasteiger partial charge in [0, 0.05) is 18.8 Å². The highest BCUT2D eigenvalue weighted by atomic mass is 16.6. The lowest BCUT2D eigenvalue weighted by Gasteiger charge is -2.19. The molecular formula is C16H24N2O5. The summed E-state index contributed by atoms with van der Waals surface area (Å²) in [4.78, 5) is 22.4. The van der Waals surface area contributed by atoms with Crippen LogP contribution in [0.4, 0.5) is 10.5 Å². The zero-order valence-corrected chi connectivity index (χ0v) is 14.0. The molecule has 23 heavy (non-hydrogen) atoms. The Morgan fingerprint density at radius 2 is 1.74 bits per heavy atom. The molecule has 1 aromatic carbocycles. The van der Waals surface area contributed by atoms with Crippen molar-refractivity contribution in [2.75, 3.05) is 32.1 Å². The number of hydrogen-bond donors (Lipinski definition) is 2. The lowest BCUT2D eigenvalue weighted by molar-refractivity contribution is -0.142. The summed E-state index contributed by atoms with van der Waals surface area (Å²) in [6, 6.07) is 7.12. The summed E-state index contributed by atoms with van der Waals surface area (Å²) >= 11 is 0. The van der Waals surface area contributed by atoms with Crippen LogP contribution in [0, 0.1) is 0 Å². The van der Waals surface area contributed by atoms with Crippen molar-refractivity contribution in [1.29, 1.82) is 0 Å². The zero-order valence-electron chi connectivity index (χ0n) is 14.0. The van der Waals surface area contributed by atoms with E-state index in [9.17, 15) is 9.59 Å². The second kappa shape index (κ2) is 8.87. The fraction of sp³-hybridized carbons (Fsp3) is 0.500. The molecule has 0 aliphatic heterocycles. The first-order chi connectivity index (χ1) is 10.8. The first kappa shape index (κ1) is 18.6. The number of methoxy groups -OCH3 is 1. The van der Waals surface area contributed by atoms with Gasteiger partial charge in [0.15, 0.2) is 6.61 Å². The number of alkyl carbamates (subject to hydrolysis) is 1. The molecule has 0 heterocycles. The standard InChI is InChI=1S/C16H24N2O5/c1-16(2,3)23-15(20)18-10-9-17-12-5-7-13(8-6-12)22-11-14(19)21-4/h5-8,17H,9-11H2,1-4H3,(H,18,20). The molecule has 0 aliphatic rings. The van der Waals surface area contributed by atoms with Crippen LogP contribution in [-0.2, 0) is 14.3 Å². The van der Waals surface area contributed by atoms with E-state index in [0.29, 0.717) is 18.8 Å². The Morgan fingerprint density at radius 1 is 1.09 bits per heavy atom. The Balaban J connectivity index is 2.25. The average molecular weight is 324 g/mol. The third kappa shape index (κ3) is 8.55. The first-order valence-corrected chi connectivity index (χ1v) is 7.30. The Bertz CT molecular complexity index is 508. The molecule has 0 spiro atoms. The van der Waals surface area contributed by atoms with Gasteiger partial charge in [0.2, 0.25) is 0 Å². The molecular weight excluding hydrogens is 300 g/mol. The van der Waals surface area contributed by atoms with Gasteiger partial charge in [-0.15, -0.1) is 0 Å². The fourth-order valence-corrected chi connectivity index (χ4v) is 1.56. The molecule has 0 aromatic heterocycles. The van der Waals surface area contributed by atoms with E-state index in [1.165, 1.54) is 7.11 Å². The van der Waals surface area contributed by atoms with Crippen molar-refractivity contribution in [2.24, 2.45) is 0 Å². The maximum Gasteiger partial charge on any atom is 0.407 e. The van der Waals surface area contributed by atoms with E-state index in [1.54, 1.807) is 12.1 Å². The number of amides is 1. The van der Waals surface area contributed by atoms with Crippen molar-refractivity contribution in [1.82, 2.24) is 5.32 Å². The summed E-state index contributed by atoms with van der Waals surface area (Å²) in [5.41, 5.74) is 0.374. The van der Waals surface area contributed by atoms with E-state index < -0.39 is 17.7 Å². The van der Waals surface area contributed by atoms with Crippen LogP contribution in [0.2, 0.25) is 0 Å². The largest absolute Gasteiger partial charge is 0.482 e. The number of carbonyl (C=O) groups excluding carboxylic acids is 2. The van der Waals surface area contributed by atoms with Gasteiger partial charge in [0.05, 0.1) is 7.11 Å². The number of rotatable bonds is 7. The van der Waals surface area contributed by atoms with Gasteiger partial charge in [-0.2, -0.15) is 0 Å². The minimum atomic E-state index is -0.502. The molecule has 0 saturated carbocycles. The molecule has 7 heteroatoms. The summed E-state index contributed by atoms with van der Waals surface area (Å²) in [5, 5.41) is 5.81. The second-order valence-corrected chi connectivity index (χ2v) is 5.74. The molecule has 0 saturated heterocycles. The highest BCUT2D eigenvalue weighted by Gasteiger charge is 2.15. The van der Waals surface area contributed by atoms with Crippen LogP contribution in [0.25, 0.3) is 0 Å². The number of benzene rings is 1. The highest BCUT2D eigenvalue weighted by molar-refractivity contribution is 5.70. The van der Waals surface area contributed by atoms with Crippen molar-refractivity contribution in [2.45, 2.75) is 26.4 Å². The van der Waals surface area contributed by atoms with Crippen LogP contribution >= 0.6 is 0 Å². The maximum atomic E-state index is 11.5. The predicted molar refractivity (Wildman–Crippen MR) is 86.7 cm³/mol. The van der Waals surface area contributed by atoms with Gasteiger partial charge in [-0.3, -0.25) is 0 Å². The van der Waals surface area contributed by atoms with E-state index in [-0.39, 0.29) is 6.61 Å². The van der Waals surface area contributed by atoms with Gasteiger partial charge in [0.25, 0.3) is 0 Å². The molecule has 0 atom stereocenters. The molecule has 1 rings (SSSR count). The third-order valence-corrected chi connectivity index (χ3v) is 2.56. The smallest absolute Gasteiger partial charge is 0.407 e. The van der Waals surface area contributed by atoms with Crippen LogP contribution in [-0.4, -0.2) is 44.5 Å². The number of nitrogens with one attached hydrogen (secondary N) is 2. The number of hydrogen-bond acceptors (Lipinski definition) is 6. The normalized spacial score (nSPS) is 10.6. The topological polar surface area (TPSA) is 85.9 Å². The molecule has 0 radical (unpaired) electrons. The Labute approximate surface area is 136 Å². The summed E-state index contributed by atoms with van der Waals surface area (Å²) in [6.45, 7) is 6.32. The Morgan fingerprint density at radius 3 is 2.30 bits per heavy atom. The zero-order chi connectivity index (χ0) is 17.3. The van der Waals surface area contributed by atoms with Crippen LogP contribution in [0.3, 0.4) is 0 Å². The van der Waals surface area contributed by atoms with Crippen LogP contribution in [0.15, 0.2) is 24.3 Å². The lowest BCUT2D eigenvalue weighted by Crippen LogP contribution is -2.34. The third-order valence-electron chi connectivity index (χ3n) is 2.56. The molecule has 0 bridgehead atoms. The Hall–Kier alpha value is -2.44. The quantitative estimate of drug-likeness (QED) is 0.590. The number of carbonyl (C=O) groups is 2. The number of esters is 1. The molecule has 2 N–H and O–H groups in total. The van der Waals surface area contributed by atoms with Crippen molar-refractivity contribution in [3.05, 3.63) is 24.3 Å². The average Bonchev–Trinajstić information content (AvgIpc) is 2.48. The molecule has 1 aromatic rings. The molecule has 1 amide bonds. The van der Waals surface area contributed by atoms with Crippen LogP contribution < -0.4 is 15.4 Å². The van der Waals surface area contributed by atoms with Crippen molar-refractivity contribution < 1.29 is 23.8 Å². The molecule has 0 aliphatic carbocycles. The lowest BCUT2D eigenvalue weighted by atomic mass is 10.2. The van der Waals surface area contributed by atoms with Gasteiger partial charge >= 0.3 is 12.1 Å². The van der Waals surface area contributed by atoms with E-state index >= 15 is 0 Å². The van der Waals surface area contributed by atoms with E-state index in [1.807, 2.05) is 32.9 Å². The van der Waals surface area contributed by atoms with Gasteiger partial charge in [-0.1, -0.05) is 0 Å². The molecule has 0 unspecified atom stereocenters. The molecule has 0 fully saturated rings. The highest BCUT2D eigenvalue weighted by Crippen LogP contribution is 2.15. The SMILES string of the molecule is COC(=O)COc1ccc(NCCNC(=O)OC(C)(C)C)cc1. The summed E-state index contributed by atoms with van der Waals surface area (Å²) < 4.78 is 14.9. The summed E-state index contributed by atoms with van der Waals surface area (Å²) in [5.74, 6) is 0.147. The van der Waals surface area contributed by atoms with Gasteiger partial charge in [-0.25, -0.2) is 9.59 Å². The minimum absolute atomic E-state index is 0.122. The van der Waals surface area contributed by atoms with Crippen molar-refractivity contribution >= 4 is 17.7 Å². The predicted octanol–water partition coefficient (Wildman–Crippen LogP) is 2.17. The van der Waals surface area contributed by atoms with Gasteiger partial charge in [-0.05, 0) is 45.0 Å². The van der Waals surface area contributed by atoms with E-state index in [2.05, 4.69) is 15.4 Å². The van der Waals surface area contributed by atoms with Crippen LogP contribution in [0.5, 0.6) is 5.75 Å². The second-order valence-electron chi connectivity index (χ2n) is 5.74. The summed E-state index contributed by atoms with van der Waals surface area (Å²) in [6.07, 6.45) is -0.439. The number of ether oxygens (including phenoxy) is 3. The molecule has 7 nitrogen and oxygen atoms in total. The first-order valence-electron chi connectivity index (χ1n) is 7.30. The van der Waals surface area contributed by atoms with Gasteiger partial charge < -0.3 is 24.8 Å².